The smallest absolute Gasteiger partial charge is 0.259 e. The van der Waals surface area contributed by atoms with E-state index < -0.39 is 11.7 Å². The van der Waals surface area contributed by atoms with E-state index in [0.717, 1.165) is 5.69 Å². The number of hydrogen-bond donors (Lipinski definition) is 3. The molecule has 1 heterocycles. The second-order valence-corrected chi connectivity index (χ2v) is 3.81. The summed E-state index contributed by atoms with van der Waals surface area (Å²) in [5.41, 5.74) is 1.37. The van der Waals surface area contributed by atoms with E-state index in [4.69, 9.17) is 0 Å². The Kier molecular flexibility index (Phi) is 3.14. The Morgan fingerprint density at radius 2 is 2.06 bits per heavy atom. The van der Waals surface area contributed by atoms with Crippen LogP contribution in [-0.2, 0) is 0 Å². The van der Waals surface area contributed by atoms with Crippen LogP contribution in [0.2, 0.25) is 0 Å². The van der Waals surface area contributed by atoms with Gasteiger partial charge in [-0.25, -0.2) is 0 Å². The molecule has 5 nitrogen and oxygen atoms in total. The summed E-state index contributed by atoms with van der Waals surface area (Å²) in [4.78, 5) is 15.9. The standard InChI is InChI=1S/C13H12N2O3/c1-8-7-9(5-6-14-8)15-13(18)10-3-2-4-11(16)12(10)17/h2-7,16-17H,1H3,(H,14,15,18). The molecule has 0 radical (unpaired) electrons. The molecule has 0 unspecified atom stereocenters. The van der Waals surface area contributed by atoms with Gasteiger partial charge >= 0.3 is 0 Å². The Morgan fingerprint density at radius 1 is 1.28 bits per heavy atom. The number of nitrogens with zero attached hydrogens (tertiary/aromatic N) is 1. The number of carbonyl (C=O) groups is 1. The van der Waals surface area contributed by atoms with Gasteiger partial charge < -0.3 is 15.5 Å². The van der Waals surface area contributed by atoms with Crippen molar-refractivity contribution in [2.75, 3.05) is 5.32 Å². The number of aromatic hydroxyl groups is 2. The zero-order valence-corrected chi connectivity index (χ0v) is 9.71. The minimum absolute atomic E-state index is 0.0180. The maximum atomic E-state index is 11.9. The monoisotopic (exact) mass is 244 g/mol. The van der Waals surface area contributed by atoms with Gasteiger partial charge in [-0.1, -0.05) is 6.07 Å². The minimum Gasteiger partial charge on any atom is -0.504 e. The Bertz CT molecular complexity index is 597. The predicted molar refractivity (Wildman–Crippen MR) is 66.7 cm³/mol. The average molecular weight is 244 g/mol. The number of hydrogen-bond acceptors (Lipinski definition) is 4. The van der Waals surface area contributed by atoms with Crippen LogP contribution in [0.3, 0.4) is 0 Å². The second-order valence-electron chi connectivity index (χ2n) is 3.81. The van der Waals surface area contributed by atoms with Crippen LogP contribution in [0.4, 0.5) is 5.69 Å². The van der Waals surface area contributed by atoms with Crippen LogP contribution < -0.4 is 5.32 Å². The number of rotatable bonds is 2. The van der Waals surface area contributed by atoms with E-state index in [0.29, 0.717) is 5.69 Å². The lowest BCUT2D eigenvalue weighted by Gasteiger charge is -2.07. The molecule has 5 heteroatoms. The van der Waals surface area contributed by atoms with E-state index >= 15 is 0 Å². The van der Waals surface area contributed by atoms with E-state index in [2.05, 4.69) is 10.3 Å². The van der Waals surface area contributed by atoms with E-state index in [-0.39, 0.29) is 11.3 Å². The summed E-state index contributed by atoms with van der Waals surface area (Å²) in [7, 11) is 0. The average Bonchev–Trinajstić information content (AvgIpc) is 2.32. The van der Waals surface area contributed by atoms with Gasteiger partial charge in [0.2, 0.25) is 0 Å². The number of phenols is 2. The largest absolute Gasteiger partial charge is 0.504 e. The van der Waals surface area contributed by atoms with Crippen LogP contribution in [0.5, 0.6) is 11.5 Å². The summed E-state index contributed by atoms with van der Waals surface area (Å²) >= 11 is 0. The summed E-state index contributed by atoms with van der Waals surface area (Å²) in [5.74, 6) is -1.25. The zero-order valence-electron chi connectivity index (χ0n) is 9.71. The van der Waals surface area contributed by atoms with Gasteiger partial charge in [-0.2, -0.15) is 0 Å². The SMILES string of the molecule is Cc1cc(NC(=O)c2cccc(O)c2O)ccn1. The van der Waals surface area contributed by atoms with E-state index in [1.807, 2.05) is 6.92 Å². The first-order chi connectivity index (χ1) is 8.58. The molecule has 0 aliphatic carbocycles. The first kappa shape index (κ1) is 11.9. The van der Waals surface area contributed by atoms with Gasteiger partial charge in [-0.15, -0.1) is 0 Å². The van der Waals surface area contributed by atoms with Crippen molar-refractivity contribution in [2.45, 2.75) is 6.92 Å². The van der Waals surface area contributed by atoms with Crippen LogP contribution in [0.1, 0.15) is 16.1 Å². The number of benzene rings is 1. The molecule has 92 valence electrons. The topological polar surface area (TPSA) is 82.5 Å². The molecule has 0 aliphatic heterocycles. The fourth-order valence-electron chi connectivity index (χ4n) is 1.54. The van der Waals surface area contributed by atoms with Gasteiger partial charge in [0.1, 0.15) is 0 Å². The molecule has 0 fully saturated rings. The van der Waals surface area contributed by atoms with Gasteiger partial charge in [0, 0.05) is 17.6 Å². The Hall–Kier alpha value is -2.56. The van der Waals surface area contributed by atoms with E-state index in [1.165, 1.54) is 18.2 Å². The molecule has 0 saturated heterocycles. The van der Waals surface area contributed by atoms with Crippen molar-refractivity contribution >= 4 is 11.6 Å². The van der Waals surface area contributed by atoms with Crippen molar-refractivity contribution in [1.29, 1.82) is 0 Å². The highest BCUT2D eigenvalue weighted by molar-refractivity contribution is 6.06. The molecule has 3 N–H and O–H groups in total. The van der Waals surface area contributed by atoms with E-state index in [1.54, 1.807) is 18.3 Å². The maximum Gasteiger partial charge on any atom is 0.259 e. The predicted octanol–water partition coefficient (Wildman–Crippen LogP) is 2.05. The number of phenolic OH excluding ortho intramolecular Hbond substituents is 2. The third kappa shape index (κ3) is 2.40. The van der Waals surface area contributed by atoms with Crippen molar-refractivity contribution in [3.05, 3.63) is 47.8 Å². The number of anilines is 1. The number of para-hydroxylation sites is 1. The Labute approximate surface area is 104 Å². The first-order valence-electron chi connectivity index (χ1n) is 5.33. The van der Waals surface area contributed by atoms with Crippen molar-refractivity contribution < 1.29 is 15.0 Å². The highest BCUT2D eigenvalue weighted by Gasteiger charge is 2.13. The fraction of sp³-hybridized carbons (Fsp3) is 0.0769. The Morgan fingerprint density at radius 3 is 2.78 bits per heavy atom. The molecule has 1 aromatic carbocycles. The molecule has 1 aromatic heterocycles. The fourth-order valence-corrected chi connectivity index (χ4v) is 1.54. The first-order valence-corrected chi connectivity index (χ1v) is 5.33. The molecule has 2 aromatic rings. The summed E-state index contributed by atoms with van der Waals surface area (Å²) in [6.45, 7) is 1.81. The summed E-state index contributed by atoms with van der Waals surface area (Å²) in [6, 6.07) is 7.57. The normalized spacial score (nSPS) is 10.1. The summed E-state index contributed by atoms with van der Waals surface area (Å²) < 4.78 is 0. The molecule has 1 amide bonds. The van der Waals surface area contributed by atoms with Crippen LogP contribution in [-0.4, -0.2) is 21.1 Å². The van der Waals surface area contributed by atoms with Crippen molar-refractivity contribution in [3.8, 4) is 11.5 Å². The summed E-state index contributed by atoms with van der Waals surface area (Å²) in [5, 5.41) is 21.5. The number of nitrogens with one attached hydrogen (secondary N) is 1. The molecule has 0 saturated carbocycles. The van der Waals surface area contributed by atoms with Crippen LogP contribution in [0.25, 0.3) is 0 Å². The van der Waals surface area contributed by atoms with Gasteiger partial charge in [0.05, 0.1) is 5.56 Å². The quantitative estimate of drug-likeness (QED) is 0.706. The van der Waals surface area contributed by atoms with Crippen LogP contribution >= 0.6 is 0 Å². The molecular formula is C13H12N2O3. The Balaban J connectivity index is 2.25. The molecule has 18 heavy (non-hydrogen) atoms. The van der Waals surface area contributed by atoms with Gasteiger partial charge in [-0.05, 0) is 31.2 Å². The lowest BCUT2D eigenvalue weighted by molar-refractivity contribution is 0.102. The number of aromatic nitrogens is 1. The molecule has 0 atom stereocenters. The number of amides is 1. The second kappa shape index (κ2) is 4.75. The maximum absolute atomic E-state index is 11.9. The number of aryl methyl sites for hydroxylation is 1. The highest BCUT2D eigenvalue weighted by Crippen LogP contribution is 2.28. The molecule has 0 spiro atoms. The van der Waals surface area contributed by atoms with Gasteiger partial charge in [0.25, 0.3) is 5.91 Å². The molecule has 0 bridgehead atoms. The van der Waals surface area contributed by atoms with Gasteiger partial charge in [0.15, 0.2) is 11.5 Å². The minimum atomic E-state index is -0.492. The van der Waals surface area contributed by atoms with Crippen molar-refractivity contribution in [3.63, 3.8) is 0 Å². The third-order valence-corrected chi connectivity index (χ3v) is 2.41. The molecule has 2 rings (SSSR count). The van der Waals surface area contributed by atoms with Gasteiger partial charge in [-0.3, -0.25) is 9.78 Å². The van der Waals surface area contributed by atoms with Crippen molar-refractivity contribution in [2.24, 2.45) is 0 Å². The number of pyridine rings is 1. The lowest BCUT2D eigenvalue weighted by atomic mass is 10.1. The van der Waals surface area contributed by atoms with Crippen LogP contribution in [0, 0.1) is 6.92 Å². The number of carbonyl (C=O) groups excluding carboxylic acids is 1. The molecular weight excluding hydrogens is 232 g/mol. The third-order valence-electron chi connectivity index (χ3n) is 2.41. The van der Waals surface area contributed by atoms with Crippen molar-refractivity contribution in [1.82, 2.24) is 4.98 Å². The van der Waals surface area contributed by atoms with Crippen LogP contribution in [0.15, 0.2) is 36.5 Å². The summed E-state index contributed by atoms with van der Waals surface area (Å²) in [6.07, 6.45) is 1.58. The molecule has 0 aliphatic rings. The lowest BCUT2D eigenvalue weighted by Crippen LogP contribution is -2.12. The zero-order chi connectivity index (χ0) is 13.1. The highest BCUT2D eigenvalue weighted by atomic mass is 16.3. The van der Waals surface area contributed by atoms with E-state index in [9.17, 15) is 15.0 Å².